The zero-order chi connectivity index (χ0) is 10.1. The van der Waals surface area contributed by atoms with Gasteiger partial charge in [0.05, 0.1) is 0 Å². The van der Waals surface area contributed by atoms with Gasteiger partial charge in [-0.2, -0.15) is 0 Å². The molecular weight excluding hydrogens is 167 g/mol. The Morgan fingerprint density at radius 2 is 1.69 bits per heavy atom. The first-order chi connectivity index (χ1) is 5.91. The zero-order valence-corrected chi connectivity index (χ0v) is 7.92. The minimum Gasteiger partial charge on any atom is -0.399 e. The van der Waals surface area contributed by atoms with Crippen LogP contribution in [0.25, 0.3) is 0 Å². The van der Waals surface area contributed by atoms with Gasteiger partial charge >= 0.3 is 0 Å². The van der Waals surface area contributed by atoms with E-state index in [4.69, 9.17) is 11.5 Å². The highest BCUT2D eigenvalue weighted by Crippen LogP contribution is 2.27. The number of nitrogen functional groups attached to an aromatic ring is 1. The van der Waals surface area contributed by atoms with Crippen molar-refractivity contribution >= 4 is 5.69 Å². The molecule has 0 spiro atoms. The molecule has 0 aliphatic heterocycles. The van der Waals surface area contributed by atoms with E-state index in [1.54, 1.807) is 38.1 Å². The Labute approximate surface area is 77.7 Å². The van der Waals surface area contributed by atoms with Gasteiger partial charge in [-0.3, -0.25) is 0 Å². The van der Waals surface area contributed by atoms with Crippen molar-refractivity contribution in [2.24, 2.45) is 5.73 Å². The van der Waals surface area contributed by atoms with E-state index in [0.29, 0.717) is 11.3 Å². The Hall–Kier alpha value is -1.09. The van der Waals surface area contributed by atoms with Crippen LogP contribution >= 0.6 is 0 Å². The molecule has 1 aromatic rings. The Morgan fingerprint density at radius 3 is 2.08 bits per heavy atom. The van der Waals surface area contributed by atoms with Crippen LogP contribution in [0.1, 0.15) is 25.6 Å². The van der Waals surface area contributed by atoms with Crippen LogP contribution in [0.5, 0.6) is 0 Å². The van der Waals surface area contributed by atoms with Crippen molar-refractivity contribution in [1.82, 2.24) is 0 Å². The maximum Gasteiger partial charge on any atom is 0.142 e. The Balaban J connectivity index is 2.90. The van der Waals surface area contributed by atoms with Crippen LogP contribution in [0, 0.1) is 0 Å². The summed E-state index contributed by atoms with van der Waals surface area (Å²) in [5, 5.41) is 0. The zero-order valence-electron chi connectivity index (χ0n) is 7.92. The number of anilines is 1. The molecule has 0 aliphatic carbocycles. The fraction of sp³-hybridized carbons (Fsp3) is 0.400. The molecule has 0 radical (unpaired) electrons. The van der Waals surface area contributed by atoms with E-state index in [1.165, 1.54) is 0 Å². The van der Waals surface area contributed by atoms with E-state index in [0.717, 1.165) is 0 Å². The second-order valence-corrected chi connectivity index (χ2v) is 3.85. The third-order valence-corrected chi connectivity index (χ3v) is 1.88. The molecular formula is C10H15FN2. The summed E-state index contributed by atoms with van der Waals surface area (Å²) in [6.45, 7) is 3.32. The highest BCUT2D eigenvalue weighted by molar-refractivity contribution is 5.40. The fourth-order valence-corrected chi connectivity index (χ4v) is 1.09. The molecule has 72 valence electrons. The van der Waals surface area contributed by atoms with Crippen LogP contribution in [0.3, 0.4) is 0 Å². The van der Waals surface area contributed by atoms with Crippen LogP contribution in [-0.4, -0.2) is 5.54 Å². The molecule has 1 aromatic carbocycles. The molecule has 0 aliphatic rings. The number of hydrogen-bond acceptors (Lipinski definition) is 2. The molecule has 1 atom stereocenters. The largest absolute Gasteiger partial charge is 0.399 e. The van der Waals surface area contributed by atoms with E-state index in [-0.39, 0.29) is 0 Å². The van der Waals surface area contributed by atoms with Crippen molar-refractivity contribution in [3.8, 4) is 0 Å². The Kier molecular flexibility index (Phi) is 2.57. The normalized spacial score (nSPS) is 14.2. The van der Waals surface area contributed by atoms with Crippen molar-refractivity contribution in [1.29, 1.82) is 0 Å². The smallest absolute Gasteiger partial charge is 0.142 e. The van der Waals surface area contributed by atoms with E-state index in [9.17, 15) is 4.39 Å². The van der Waals surface area contributed by atoms with Crippen molar-refractivity contribution < 1.29 is 4.39 Å². The summed E-state index contributed by atoms with van der Waals surface area (Å²) in [6.07, 6.45) is -1.16. The predicted octanol–water partition coefficient (Wildman–Crippen LogP) is 2.02. The number of hydrogen-bond donors (Lipinski definition) is 2. The number of halogens is 1. The van der Waals surface area contributed by atoms with E-state index in [2.05, 4.69) is 0 Å². The van der Waals surface area contributed by atoms with E-state index >= 15 is 0 Å². The van der Waals surface area contributed by atoms with Gasteiger partial charge in [-0.25, -0.2) is 4.39 Å². The highest BCUT2D eigenvalue weighted by Gasteiger charge is 2.25. The SMILES string of the molecule is CC(C)(N)C(F)c1ccc(N)cc1. The van der Waals surface area contributed by atoms with Crippen LogP contribution < -0.4 is 11.5 Å². The van der Waals surface area contributed by atoms with Gasteiger partial charge < -0.3 is 11.5 Å². The lowest BCUT2D eigenvalue weighted by Gasteiger charge is -2.23. The van der Waals surface area contributed by atoms with Crippen LogP contribution in [0.15, 0.2) is 24.3 Å². The van der Waals surface area contributed by atoms with Crippen molar-refractivity contribution in [2.45, 2.75) is 25.6 Å². The third-order valence-electron chi connectivity index (χ3n) is 1.88. The predicted molar refractivity (Wildman–Crippen MR) is 53.0 cm³/mol. The van der Waals surface area contributed by atoms with Gasteiger partial charge in [0.1, 0.15) is 6.17 Å². The first kappa shape index (κ1) is 9.99. The molecule has 0 bridgehead atoms. The summed E-state index contributed by atoms with van der Waals surface area (Å²) in [5.41, 5.74) is 11.5. The third kappa shape index (κ3) is 2.42. The first-order valence-corrected chi connectivity index (χ1v) is 4.19. The first-order valence-electron chi connectivity index (χ1n) is 4.19. The molecule has 3 heteroatoms. The Bertz CT molecular complexity index is 274. The van der Waals surface area contributed by atoms with Gasteiger partial charge in [0.25, 0.3) is 0 Å². The molecule has 1 rings (SSSR count). The maximum atomic E-state index is 13.6. The summed E-state index contributed by atoms with van der Waals surface area (Å²) < 4.78 is 13.6. The topological polar surface area (TPSA) is 52.0 Å². The molecule has 0 aromatic heterocycles. The maximum absolute atomic E-state index is 13.6. The standard InChI is InChI=1S/C10H15FN2/c1-10(2,13)9(11)7-3-5-8(12)6-4-7/h3-6,9H,12-13H2,1-2H3. The fourth-order valence-electron chi connectivity index (χ4n) is 1.09. The van der Waals surface area contributed by atoms with Crippen LogP contribution in [-0.2, 0) is 0 Å². The second-order valence-electron chi connectivity index (χ2n) is 3.85. The molecule has 2 nitrogen and oxygen atoms in total. The monoisotopic (exact) mass is 182 g/mol. The van der Waals surface area contributed by atoms with Gasteiger partial charge in [0.15, 0.2) is 0 Å². The average Bonchev–Trinajstić information content (AvgIpc) is 2.03. The number of nitrogens with two attached hydrogens (primary N) is 2. The molecule has 0 heterocycles. The van der Waals surface area contributed by atoms with E-state index < -0.39 is 11.7 Å². The molecule has 0 saturated carbocycles. The lowest BCUT2D eigenvalue weighted by atomic mass is 9.94. The van der Waals surface area contributed by atoms with E-state index in [1.807, 2.05) is 0 Å². The van der Waals surface area contributed by atoms with Crippen molar-refractivity contribution in [2.75, 3.05) is 5.73 Å². The summed E-state index contributed by atoms with van der Waals surface area (Å²) in [6, 6.07) is 6.67. The average molecular weight is 182 g/mol. The number of rotatable bonds is 2. The summed E-state index contributed by atoms with van der Waals surface area (Å²) in [5.74, 6) is 0. The van der Waals surface area contributed by atoms with Crippen molar-refractivity contribution in [3.63, 3.8) is 0 Å². The van der Waals surface area contributed by atoms with Gasteiger partial charge in [-0.05, 0) is 31.5 Å². The molecule has 0 saturated heterocycles. The summed E-state index contributed by atoms with van der Waals surface area (Å²) in [4.78, 5) is 0. The summed E-state index contributed by atoms with van der Waals surface area (Å²) >= 11 is 0. The summed E-state index contributed by atoms with van der Waals surface area (Å²) in [7, 11) is 0. The molecule has 4 N–H and O–H groups in total. The quantitative estimate of drug-likeness (QED) is 0.687. The minimum absolute atomic E-state index is 0.571. The number of alkyl halides is 1. The lowest BCUT2D eigenvalue weighted by molar-refractivity contribution is 0.223. The lowest BCUT2D eigenvalue weighted by Crippen LogP contribution is -2.37. The van der Waals surface area contributed by atoms with Gasteiger partial charge in [0.2, 0.25) is 0 Å². The molecule has 1 unspecified atom stereocenters. The molecule has 13 heavy (non-hydrogen) atoms. The molecule has 0 fully saturated rings. The van der Waals surface area contributed by atoms with Crippen LogP contribution in [0.4, 0.5) is 10.1 Å². The van der Waals surface area contributed by atoms with Crippen molar-refractivity contribution in [3.05, 3.63) is 29.8 Å². The second kappa shape index (κ2) is 3.34. The van der Waals surface area contributed by atoms with Gasteiger partial charge in [0, 0.05) is 11.2 Å². The number of benzene rings is 1. The Morgan fingerprint density at radius 1 is 1.23 bits per heavy atom. The molecule has 0 amide bonds. The minimum atomic E-state index is -1.16. The van der Waals surface area contributed by atoms with Gasteiger partial charge in [-0.1, -0.05) is 12.1 Å². The van der Waals surface area contributed by atoms with Gasteiger partial charge in [-0.15, -0.1) is 0 Å². The highest BCUT2D eigenvalue weighted by atomic mass is 19.1. The van der Waals surface area contributed by atoms with Crippen LogP contribution in [0.2, 0.25) is 0 Å².